The average Bonchev–Trinajstić information content (AvgIpc) is 3.07. The Labute approximate surface area is 134 Å². The second kappa shape index (κ2) is 5.13. The maximum absolute atomic E-state index is 6.44. The minimum atomic E-state index is 0.446. The molecule has 0 unspecified atom stereocenters. The summed E-state index contributed by atoms with van der Waals surface area (Å²) in [7, 11) is 0. The Kier molecular flexibility index (Phi) is 3.22. The SMILES string of the molecule is CC(C)c1csc2nc(-c3ccc4c(c3)CCCC4)c(N)n12. The van der Waals surface area contributed by atoms with Crippen LogP contribution in [0.1, 0.15) is 49.4 Å². The van der Waals surface area contributed by atoms with Crippen molar-refractivity contribution in [3.63, 3.8) is 0 Å². The molecule has 0 amide bonds. The number of fused-ring (bicyclic) bond motifs is 2. The van der Waals surface area contributed by atoms with E-state index < -0.39 is 0 Å². The first-order valence-electron chi connectivity index (χ1n) is 8.02. The summed E-state index contributed by atoms with van der Waals surface area (Å²) in [4.78, 5) is 5.79. The number of hydrogen-bond acceptors (Lipinski definition) is 3. The predicted molar refractivity (Wildman–Crippen MR) is 93.6 cm³/mol. The number of rotatable bonds is 2. The number of aryl methyl sites for hydroxylation is 2. The van der Waals surface area contributed by atoms with E-state index in [-0.39, 0.29) is 0 Å². The van der Waals surface area contributed by atoms with Gasteiger partial charge in [0, 0.05) is 16.6 Å². The smallest absolute Gasteiger partial charge is 0.196 e. The number of nitrogens with zero attached hydrogens (tertiary/aromatic N) is 2. The van der Waals surface area contributed by atoms with E-state index in [0.29, 0.717) is 5.92 Å². The fourth-order valence-corrected chi connectivity index (χ4v) is 4.45. The zero-order valence-electron chi connectivity index (χ0n) is 13.1. The third-order valence-corrected chi connectivity index (χ3v) is 5.48. The van der Waals surface area contributed by atoms with Gasteiger partial charge in [0.1, 0.15) is 11.5 Å². The molecule has 4 rings (SSSR count). The summed E-state index contributed by atoms with van der Waals surface area (Å²) >= 11 is 1.67. The summed E-state index contributed by atoms with van der Waals surface area (Å²) in [6.07, 6.45) is 5.00. The Morgan fingerprint density at radius 3 is 2.73 bits per heavy atom. The highest BCUT2D eigenvalue weighted by atomic mass is 32.1. The van der Waals surface area contributed by atoms with Crippen molar-refractivity contribution in [3.8, 4) is 11.3 Å². The van der Waals surface area contributed by atoms with Gasteiger partial charge in [-0.25, -0.2) is 4.98 Å². The van der Waals surface area contributed by atoms with E-state index in [1.807, 2.05) is 0 Å². The minimum Gasteiger partial charge on any atom is -0.383 e. The van der Waals surface area contributed by atoms with Crippen LogP contribution in [0.25, 0.3) is 16.2 Å². The summed E-state index contributed by atoms with van der Waals surface area (Å²) in [6, 6.07) is 6.74. The van der Waals surface area contributed by atoms with Crippen LogP contribution in [0.15, 0.2) is 23.6 Å². The molecule has 0 saturated heterocycles. The van der Waals surface area contributed by atoms with Gasteiger partial charge in [-0.3, -0.25) is 4.40 Å². The van der Waals surface area contributed by atoms with Crippen LogP contribution < -0.4 is 5.73 Å². The number of anilines is 1. The highest BCUT2D eigenvalue weighted by Gasteiger charge is 2.18. The molecular weight excluding hydrogens is 290 g/mol. The van der Waals surface area contributed by atoms with Gasteiger partial charge >= 0.3 is 0 Å². The molecule has 0 spiro atoms. The number of hydrogen-bond donors (Lipinski definition) is 1. The van der Waals surface area contributed by atoms with Gasteiger partial charge < -0.3 is 5.73 Å². The van der Waals surface area contributed by atoms with Gasteiger partial charge in [0.15, 0.2) is 4.96 Å². The molecule has 3 aromatic rings. The van der Waals surface area contributed by atoms with Crippen LogP contribution in [0, 0.1) is 0 Å². The molecule has 0 saturated carbocycles. The summed E-state index contributed by atoms with van der Waals surface area (Å²) < 4.78 is 2.12. The number of nitrogens with two attached hydrogens (primary N) is 1. The van der Waals surface area contributed by atoms with E-state index in [2.05, 4.69) is 41.8 Å². The summed E-state index contributed by atoms with van der Waals surface area (Å²) in [5, 5.41) is 2.17. The van der Waals surface area contributed by atoms with Gasteiger partial charge in [-0.1, -0.05) is 26.0 Å². The molecule has 1 aliphatic carbocycles. The van der Waals surface area contributed by atoms with Crippen molar-refractivity contribution < 1.29 is 0 Å². The lowest BCUT2D eigenvalue weighted by molar-refractivity contribution is 0.686. The number of aromatic nitrogens is 2. The van der Waals surface area contributed by atoms with Gasteiger partial charge in [0.25, 0.3) is 0 Å². The number of nitrogen functional groups attached to an aromatic ring is 1. The quantitative estimate of drug-likeness (QED) is 0.748. The topological polar surface area (TPSA) is 43.3 Å². The molecule has 4 heteroatoms. The lowest BCUT2D eigenvalue weighted by Gasteiger charge is -2.16. The van der Waals surface area contributed by atoms with Crippen LogP contribution in [-0.2, 0) is 12.8 Å². The molecule has 1 aromatic carbocycles. The van der Waals surface area contributed by atoms with Gasteiger partial charge in [-0.05, 0) is 48.8 Å². The predicted octanol–water partition coefficient (Wildman–Crippen LogP) is 4.65. The van der Waals surface area contributed by atoms with Gasteiger partial charge in [0.2, 0.25) is 0 Å². The lowest BCUT2D eigenvalue weighted by Crippen LogP contribution is -2.03. The molecule has 0 fully saturated rings. The van der Waals surface area contributed by atoms with Crippen LogP contribution in [0.5, 0.6) is 0 Å². The molecule has 3 nitrogen and oxygen atoms in total. The zero-order valence-corrected chi connectivity index (χ0v) is 13.9. The average molecular weight is 311 g/mol. The second-order valence-electron chi connectivity index (χ2n) is 6.47. The molecule has 2 aromatic heterocycles. The number of benzene rings is 1. The van der Waals surface area contributed by atoms with E-state index in [0.717, 1.165) is 22.0 Å². The fourth-order valence-electron chi connectivity index (χ4n) is 3.39. The summed E-state index contributed by atoms with van der Waals surface area (Å²) in [5.74, 6) is 1.22. The van der Waals surface area contributed by atoms with Crippen LogP contribution in [0.2, 0.25) is 0 Å². The van der Waals surface area contributed by atoms with Crippen LogP contribution in [0.3, 0.4) is 0 Å². The van der Waals surface area contributed by atoms with E-state index in [1.54, 1.807) is 11.3 Å². The first-order chi connectivity index (χ1) is 10.6. The molecule has 0 radical (unpaired) electrons. The minimum absolute atomic E-state index is 0.446. The third-order valence-electron chi connectivity index (χ3n) is 4.64. The zero-order chi connectivity index (χ0) is 15.3. The molecule has 114 valence electrons. The molecule has 2 N–H and O–H groups in total. The second-order valence-corrected chi connectivity index (χ2v) is 7.31. The first kappa shape index (κ1) is 13.8. The van der Waals surface area contributed by atoms with Crippen molar-refractivity contribution in [2.45, 2.75) is 45.4 Å². The van der Waals surface area contributed by atoms with Gasteiger partial charge in [-0.2, -0.15) is 0 Å². The van der Waals surface area contributed by atoms with Crippen molar-refractivity contribution in [2.24, 2.45) is 0 Å². The van der Waals surface area contributed by atoms with E-state index in [4.69, 9.17) is 10.7 Å². The Hall–Kier alpha value is -1.81. The Morgan fingerprint density at radius 2 is 1.95 bits per heavy atom. The molecular formula is C18H21N3S. The maximum Gasteiger partial charge on any atom is 0.196 e. The Balaban J connectivity index is 1.86. The van der Waals surface area contributed by atoms with E-state index >= 15 is 0 Å². The van der Waals surface area contributed by atoms with E-state index in [1.165, 1.54) is 42.5 Å². The largest absolute Gasteiger partial charge is 0.383 e. The molecule has 0 atom stereocenters. The molecule has 0 aliphatic heterocycles. The number of imidazole rings is 1. The lowest BCUT2D eigenvalue weighted by atomic mass is 9.90. The van der Waals surface area contributed by atoms with Crippen molar-refractivity contribution in [1.82, 2.24) is 9.38 Å². The molecule has 2 heterocycles. The van der Waals surface area contributed by atoms with Gasteiger partial charge in [-0.15, -0.1) is 11.3 Å². The summed E-state index contributed by atoms with van der Waals surface area (Å²) in [5.41, 5.74) is 12.7. The van der Waals surface area contributed by atoms with Crippen LogP contribution in [-0.4, -0.2) is 9.38 Å². The normalized spacial score (nSPS) is 14.7. The van der Waals surface area contributed by atoms with E-state index in [9.17, 15) is 0 Å². The molecule has 22 heavy (non-hydrogen) atoms. The molecule has 0 bridgehead atoms. The molecule has 1 aliphatic rings. The van der Waals surface area contributed by atoms with Crippen molar-refractivity contribution >= 4 is 22.1 Å². The van der Waals surface area contributed by atoms with Crippen LogP contribution in [0.4, 0.5) is 5.82 Å². The maximum atomic E-state index is 6.44. The highest BCUT2D eigenvalue weighted by Crippen LogP contribution is 2.34. The standard InChI is InChI=1S/C18H21N3S/c1-11(2)15-10-22-18-20-16(17(19)21(15)18)14-8-7-12-5-3-4-6-13(12)9-14/h7-11H,3-6,19H2,1-2H3. The fraction of sp³-hybridized carbons (Fsp3) is 0.389. The Bertz CT molecular complexity index is 842. The Morgan fingerprint density at radius 1 is 1.18 bits per heavy atom. The highest BCUT2D eigenvalue weighted by molar-refractivity contribution is 7.15. The third kappa shape index (κ3) is 2.05. The first-order valence-corrected chi connectivity index (χ1v) is 8.90. The van der Waals surface area contributed by atoms with Crippen LogP contribution >= 0.6 is 11.3 Å². The van der Waals surface area contributed by atoms with Crippen molar-refractivity contribution in [3.05, 3.63) is 40.4 Å². The number of thiazole rings is 1. The van der Waals surface area contributed by atoms with Crippen molar-refractivity contribution in [2.75, 3.05) is 5.73 Å². The van der Waals surface area contributed by atoms with Gasteiger partial charge in [0.05, 0.1) is 0 Å². The monoisotopic (exact) mass is 311 g/mol. The van der Waals surface area contributed by atoms with Crippen molar-refractivity contribution in [1.29, 1.82) is 0 Å². The summed E-state index contributed by atoms with van der Waals surface area (Å²) in [6.45, 7) is 4.39.